The first kappa shape index (κ1) is 14.6. The molecule has 2 heterocycles. The van der Waals surface area contributed by atoms with Crippen LogP contribution in [0.1, 0.15) is 31.4 Å². The van der Waals surface area contributed by atoms with Gasteiger partial charge in [0.15, 0.2) is 12.0 Å². The van der Waals surface area contributed by atoms with Crippen LogP contribution in [0.5, 0.6) is 0 Å². The van der Waals surface area contributed by atoms with E-state index in [1.54, 1.807) is 13.0 Å². The van der Waals surface area contributed by atoms with Gasteiger partial charge in [0.1, 0.15) is 0 Å². The van der Waals surface area contributed by atoms with E-state index in [2.05, 4.69) is 9.98 Å². The highest BCUT2D eigenvalue weighted by Gasteiger charge is 2.49. The second-order valence-corrected chi connectivity index (χ2v) is 5.18. The minimum atomic E-state index is -4.49. The average molecular weight is 288 g/mol. The summed E-state index contributed by atoms with van der Waals surface area (Å²) in [4.78, 5) is 18.5. The summed E-state index contributed by atoms with van der Waals surface area (Å²) in [5.74, 6) is -0.0676. The van der Waals surface area contributed by atoms with E-state index in [9.17, 15) is 18.0 Å². The highest BCUT2D eigenvalue weighted by Crippen LogP contribution is 2.39. The third-order valence-corrected chi connectivity index (χ3v) is 3.29. The summed E-state index contributed by atoms with van der Waals surface area (Å²) in [5.41, 5.74) is -0.710. The van der Waals surface area contributed by atoms with Gasteiger partial charge in [-0.3, -0.25) is 4.79 Å². The van der Waals surface area contributed by atoms with E-state index >= 15 is 0 Å². The zero-order valence-corrected chi connectivity index (χ0v) is 11.3. The molecule has 0 amide bonds. The van der Waals surface area contributed by atoms with Gasteiger partial charge in [0, 0.05) is 25.1 Å². The van der Waals surface area contributed by atoms with Gasteiger partial charge in [-0.25, -0.2) is 4.99 Å². The summed E-state index contributed by atoms with van der Waals surface area (Å²) in [5, 5.41) is 0. The number of nitrogens with one attached hydrogen (secondary N) is 1. The van der Waals surface area contributed by atoms with Gasteiger partial charge in [-0.05, 0) is 25.5 Å². The third-order valence-electron chi connectivity index (χ3n) is 3.29. The van der Waals surface area contributed by atoms with Crippen LogP contribution in [0.4, 0.5) is 13.2 Å². The molecule has 0 spiro atoms. The van der Waals surface area contributed by atoms with Crippen LogP contribution in [0.15, 0.2) is 22.1 Å². The van der Waals surface area contributed by atoms with Crippen molar-refractivity contribution in [1.29, 1.82) is 0 Å². The highest BCUT2D eigenvalue weighted by atomic mass is 19.4. The maximum Gasteiger partial charge on any atom is 0.425 e. The SMILES string of the molecule is CC1=N[C@](C)(c2cc(C)c[nH]c2=O)C[C@@H](C(F)(F)F)O1. The number of aliphatic imine (C=N–C) groups is 1. The molecule has 1 aromatic rings. The number of nitrogens with zero attached hydrogens (tertiary/aromatic N) is 1. The van der Waals surface area contributed by atoms with E-state index in [0.717, 1.165) is 5.56 Å². The van der Waals surface area contributed by atoms with E-state index in [4.69, 9.17) is 4.74 Å². The van der Waals surface area contributed by atoms with Gasteiger partial charge in [-0.2, -0.15) is 13.2 Å². The van der Waals surface area contributed by atoms with Crippen molar-refractivity contribution in [1.82, 2.24) is 4.98 Å². The highest BCUT2D eigenvalue weighted by molar-refractivity contribution is 5.74. The number of aryl methyl sites for hydroxylation is 1. The van der Waals surface area contributed by atoms with Gasteiger partial charge in [0.25, 0.3) is 5.56 Å². The molecule has 1 aliphatic rings. The molecule has 2 rings (SSSR count). The minimum Gasteiger partial charge on any atom is -0.468 e. The summed E-state index contributed by atoms with van der Waals surface area (Å²) >= 11 is 0. The Balaban J connectivity index is 2.51. The summed E-state index contributed by atoms with van der Waals surface area (Å²) in [6.07, 6.45) is -5.35. The van der Waals surface area contributed by atoms with Gasteiger partial charge in [-0.1, -0.05) is 0 Å². The number of aromatic nitrogens is 1. The van der Waals surface area contributed by atoms with Crippen molar-refractivity contribution >= 4 is 5.90 Å². The van der Waals surface area contributed by atoms with Gasteiger partial charge in [0.05, 0.1) is 5.54 Å². The quantitative estimate of drug-likeness (QED) is 0.863. The molecule has 0 saturated carbocycles. The van der Waals surface area contributed by atoms with E-state index in [1.807, 2.05) is 0 Å². The molecule has 0 bridgehead atoms. The number of hydrogen-bond donors (Lipinski definition) is 1. The molecule has 1 N–H and O–H groups in total. The van der Waals surface area contributed by atoms with Crippen molar-refractivity contribution in [2.45, 2.75) is 45.0 Å². The predicted octanol–water partition coefficient (Wildman–Crippen LogP) is 2.67. The van der Waals surface area contributed by atoms with Gasteiger partial charge < -0.3 is 9.72 Å². The molecule has 1 aromatic heterocycles. The molecule has 1 aliphatic heterocycles. The second kappa shape index (κ2) is 4.64. The van der Waals surface area contributed by atoms with Crippen molar-refractivity contribution in [2.75, 3.05) is 0 Å². The van der Waals surface area contributed by atoms with Crippen LogP contribution in [-0.4, -0.2) is 23.2 Å². The minimum absolute atomic E-state index is 0.0676. The largest absolute Gasteiger partial charge is 0.468 e. The third kappa shape index (κ3) is 2.71. The summed E-state index contributed by atoms with van der Waals surface area (Å²) in [7, 11) is 0. The standard InChI is InChI=1S/C13H15F3N2O2/c1-7-4-9(11(19)17-6-7)12(3)5-10(13(14,15)16)20-8(2)18-12/h4,6,10H,5H2,1-3H3,(H,17,19)/t10-,12-/m0/s1. The van der Waals surface area contributed by atoms with Crippen molar-refractivity contribution < 1.29 is 17.9 Å². The Morgan fingerprint density at radius 1 is 1.45 bits per heavy atom. The van der Waals surface area contributed by atoms with Gasteiger partial charge in [0.2, 0.25) is 0 Å². The molecule has 2 atom stereocenters. The summed E-state index contributed by atoms with van der Waals surface area (Å²) < 4.78 is 43.4. The van der Waals surface area contributed by atoms with Gasteiger partial charge >= 0.3 is 6.18 Å². The Morgan fingerprint density at radius 2 is 2.10 bits per heavy atom. The Labute approximate surface area is 113 Å². The topological polar surface area (TPSA) is 54.5 Å². The lowest BCUT2D eigenvalue weighted by molar-refractivity contribution is -0.207. The number of alkyl halides is 3. The Kier molecular flexibility index (Phi) is 3.39. The molecule has 4 nitrogen and oxygen atoms in total. The number of hydrogen-bond acceptors (Lipinski definition) is 3. The van der Waals surface area contributed by atoms with Crippen LogP contribution >= 0.6 is 0 Å². The van der Waals surface area contributed by atoms with Crippen molar-refractivity contribution in [3.63, 3.8) is 0 Å². The smallest absolute Gasteiger partial charge is 0.425 e. The molecular weight excluding hydrogens is 273 g/mol. The number of ether oxygens (including phenoxy) is 1. The lowest BCUT2D eigenvalue weighted by Gasteiger charge is -2.35. The number of H-pyrrole nitrogens is 1. The fourth-order valence-corrected chi connectivity index (χ4v) is 2.37. The molecule has 110 valence electrons. The monoisotopic (exact) mass is 288 g/mol. The maximum absolute atomic E-state index is 12.9. The zero-order chi connectivity index (χ0) is 15.1. The number of halogens is 3. The first-order chi connectivity index (χ1) is 9.12. The maximum atomic E-state index is 12.9. The average Bonchev–Trinajstić information content (AvgIpc) is 2.30. The van der Waals surface area contributed by atoms with E-state index < -0.39 is 29.8 Å². The Bertz CT molecular complexity index is 606. The molecule has 7 heteroatoms. The van der Waals surface area contributed by atoms with Crippen LogP contribution in [0.25, 0.3) is 0 Å². The van der Waals surface area contributed by atoms with Gasteiger partial charge in [-0.15, -0.1) is 0 Å². The predicted molar refractivity (Wildman–Crippen MR) is 67.8 cm³/mol. The lowest BCUT2D eigenvalue weighted by atomic mass is 9.86. The zero-order valence-electron chi connectivity index (χ0n) is 11.3. The van der Waals surface area contributed by atoms with Crippen molar-refractivity contribution in [3.8, 4) is 0 Å². The number of rotatable bonds is 1. The Hall–Kier alpha value is -1.79. The van der Waals surface area contributed by atoms with Crippen molar-refractivity contribution in [3.05, 3.63) is 33.7 Å². The van der Waals surface area contributed by atoms with Crippen LogP contribution in [-0.2, 0) is 10.3 Å². The molecule has 0 fully saturated rings. The van der Waals surface area contributed by atoms with Crippen LogP contribution < -0.4 is 5.56 Å². The number of pyridine rings is 1. The van der Waals surface area contributed by atoms with E-state index in [-0.39, 0.29) is 11.5 Å². The first-order valence-electron chi connectivity index (χ1n) is 6.11. The lowest BCUT2D eigenvalue weighted by Crippen LogP contribution is -2.44. The fourth-order valence-electron chi connectivity index (χ4n) is 2.37. The van der Waals surface area contributed by atoms with E-state index in [1.165, 1.54) is 20.0 Å². The second-order valence-electron chi connectivity index (χ2n) is 5.18. The molecule has 0 radical (unpaired) electrons. The van der Waals surface area contributed by atoms with Crippen LogP contribution in [0.3, 0.4) is 0 Å². The molecule has 20 heavy (non-hydrogen) atoms. The fraction of sp³-hybridized carbons (Fsp3) is 0.538. The number of aromatic amines is 1. The molecule has 0 aromatic carbocycles. The molecule has 0 saturated heterocycles. The molecule has 0 unspecified atom stereocenters. The Morgan fingerprint density at radius 3 is 2.70 bits per heavy atom. The normalized spacial score (nSPS) is 26.9. The van der Waals surface area contributed by atoms with Crippen molar-refractivity contribution in [2.24, 2.45) is 4.99 Å². The van der Waals surface area contributed by atoms with Crippen LogP contribution in [0, 0.1) is 6.92 Å². The van der Waals surface area contributed by atoms with Crippen LogP contribution in [0.2, 0.25) is 0 Å². The summed E-state index contributed by atoms with van der Waals surface area (Å²) in [6.45, 7) is 4.63. The molecular formula is C13H15F3N2O2. The summed E-state index contributed by atoms with van der Waals surface area (Å²) in [6, 6.07) is 1.56. The molecule has 0 aliphatic carbocycles. The van der Waals surface area contributed by atoms with E-state index in [0.29, 0.717) is 0 Å². The first-order valence-corrected chi connectivity index (χ1v) is 6.11.